The predicted molar refractivity (Wildman–Crippen MR) is 54.4 cm³/mol. The number of fused-ring (bicyclic) bond motifs is 1. The van der Waals surface area contributed by atoms with Crippen LogP contribution in [0.4, 0.5) is 0 Å². The predicted octanol–water partition coefficient (Wildman–Crippen LogP) is 3.74. The molecule has 4 aliphatic carbocycles. The van der Waals surface area contributed by atoms with Crippen molar-refractivity contribution in [2.45, 2.75) is 49.3 Å². The average molecular weight is 229 g/mol. The molecule has 0 aromatic rings. The maximum absolute atomic E-state index is 4.04. The SMILES string of the molecule is Br[C@]12CCC[C@@H]3C[C@@H](CC[C@@H]31)C2. The maximum atomic E-state index is 4.04. The average Bonchev–Trinajstić information content (AvgIpc) is 2.03. The van der Waals surface area contributed by atoms with Gasteiger partial charge in [-0.05, 0) is 43.4 Å². The molecule has 4 rings (SSSR count). The minimum atomic E-state index is 0.608. The van der Waals surface area contributed by atoms with Crippen LogP contribution in [-0.2, 0) is 0 Å². The van der Waals surface area contributed by atoms with Crippen molar-refractivity contribution in [3.05, 3.63) is 0 Å². The minimum absolute atomic E-state index is 0.608. The van der Waals surface area contributed by atoms with Crippen molar-refractivity contribution in [3.8, 4) is 0 Å². The molecule has 68 valence electrons. The molecule has 0 unspecified atom stereocenters. The molecular weight excluding hydrogens is 212 g/mol. The molecule has 0 saturated heterocycles. The van der Waals surface area contributed by atoms with Gasteiger partial charge in [0.05, 0.1) is 0 Å². The van der Waals surface area contributed by atoms with E-state index in [2.05, 4.69) is 15.9 Å². The molecule has 4 aliphatic rings. The normalized spacial score (nSPS) is 57.2. The second kappa shape index (κ2) is 2.50. The second-order valence-corrected chi connectivity index (χ2v) is 6.76. The van der Waals surface area contributed by atoms with E-state index in [1.165, 1.54) is 38.5 Å². The Kier molecular flexibility index (Phi) is 1.63. The van der Waals surface area contributed by atoms with Gasteiger partial charge in [0.15, 0.2) is 0 Å². The summed E-state index contributed by atoms with van der Waals surface area (Å²) < 4.78 is 0.608. The molecule has 0 aliphatic heterocycles. The molecular formula is C11H17Br. The summed E-state index contributed by atoms with van der Waals surface area (Å²) in [6, 6.07) is 0. The lowest BCUT2D eigenvalue weighted by molar-refractivity contribution is 0.0243. The minimum Gasteiger partial charge on any atom is -0.0850 e. The molecule has 12 heavy (non-hydrogen) atoms. The van der Waals surface area contributed by atoms with Crippen LogP contribution in [0, 0.1) is 17.8 Å². The first kappa shape index (κ1) is 7.84. The molecule has 4 atom stereocenters. The van der Waals surface area contributed by atoms with Crippen LogP contribution >= 0.6 is 15.9 Å². The molecule has 4 fully saturated rings. The largest absolute Gasteiger partial charge is 0.0850 e. The Morgan fingerprint density at radius 2 is 2.08 bits per heavy atom. The highest BCUT2D eigenvalue weighted by atomic mass is 79.9. The second-order valence-electron chi connectivity index (χ2n) is 5.18. The zero-order valence-electron chi connectivity index (χ0n) is 7.56. The lowest BCUT2D eigenvalue weighted by Crippen LogP contribution is -2.50. The summed E-state index contributed by atoms with van der Waals surface area (Å²) in [5, 5.41) is 0. The Hall–Kier alpha value is 0.480. The van der Waals surface area contributed by atoms with Crippen molar-refractivity contribution in [2.24, 2.45) is 17.8 Å². The zero-order chi connectivity index (χ0) is 8.18. The van der Waals surface area contributed by atoms with Crippen LogP contribution in [-0.4, -0.2) is 4.32 Å². The van der Waals surface area contributed by atoms with Gasteiger partial charge in [0.1, 0.15) is 0 Å². The summed E-state index contributed by atoms with van der Waals surface area (Å²) in [4.78, 5) is 0. The van der Waals surface area contributed by atoms with Gasteiger partial charge in [-0.25, -0.2) is 0 Å². The van der Waals surface area contributed by atoms with E-state index in [4.69, 9.17) is 0 Å². The highest BCUT2D eigenvalue weighted by molar-refractivity contribution is 9.10. The topological polar surface area (TPSA) is 0 Å². The third-order valence-electron chi connectivity index (χ3n) is 4.55. The molecule has 1 heteroatoms. The Labute approximate surface area is 83.2 Å². The maximum Gasteiger partial charge on any atom is 0.0291 e. The zero-order valence-corrected chi connectivity index (χ0v) is 9.15. The van der Waals surface area contributed by atoms with Crippen LogP contribution in [0.5, 0.6) is 0 Å². The van der Waals surface area contributed by atoms with Crippen LogP contribution in [0.15, 0.2) is 0 Å². The molecule has 4 bridgehead atoms. The Bertz CT molecular complexity index is 201. The van der Waals surface area contributed by atoms with E-state index in [1.54, 1.807) is 6.42 Å². The summed E-state index contributed by atoms with van der Waals surface area (Å²) >= 11 is 4.04. The van der Waals surface area contributed by atoms with Gasteiger partial charge in [-0.15, -0.1) is 0 Å². The number of alkyl halides is 1. The molecule has 0 aromatic heterocycles. The molecule has 0 aromatic carbocycles. The Morgan fingerprint density at radius 3 is 2.75 bits per heavy atom. The van der Waals surface area contributed by atoms with E-state index < -0.39 is 0 Å². The number of rotatable bonds is 0. The summed E-state index contributed by atoms with van der Waals surface area (Å²) in [5.41, 5.74) is 0. The first-order valence-corrected chi connectivity index (χ1v) is 6.26. The van der Waals surface area contributed by atoms with E-state index in [-0.39, 0.29) is 0 Å². The fourth-order valence-corrected chi connectivity index (χ4v) is 5.46. The van der Waals surface area contributed by atoms with Gasteiger partial charge >= 0.3 is 0 Å². The highest BCUT2D eigenvalue weighted by Gasteiger charge is 2.51. The van der Waals surface area contributed by atoms with Gasteiger partial charge < -0.3 is 0 Å². The summed E-state index contributed by atoms with van der Waals surface area (Å²) in [6.45, 7) is 0. The summed E-state index contributed by atoms with van der Waals surface area (Å²) in [5.74, 6) is 3.24. The molecule has 0 radical (unpaired) electrons. The Morgan fingerprint density at radius 1 is 1.17 bits per heavy atom. The van der Waals surface area contributed by atoms with Crippen molar-refractivity contribution in [2.75, 3.05) is 0 Å². The fraction of sp³-hybridized carbons (Fsp3) is 1.00. The molecule has 0 N–H and O–H groups in total. The van der Waals surface area contributed by atoms with Crippen LogP contribution < -0.4 is 0 Å². The van der Waals surface area contributed by atoms with Crippen LogP contribution in [0.3, 0.4) is 0 Å². The first-order valence-electron chi connectivity index (χ1n) is 5.47. The monoisotopic (exact) mass is 228 g/mol. The highest BCUT2D eigenvalue weighted by Crippen LogP contribution is 2.60. The van der Waals surface area contributed by atoms with E-state index >= 15 is 0 Å². The smallest absolute Gasteiger partial charge is 0.0291 e. The van der Waals surface area contributed by atoms with E-state index in [9.17, 15) is 0 Å². The van der Waals surface area contributed by atoms with E-state index in [1.807, 2.05) is 0 Å². The fourth-order valence-electron chi connectivity index (χ4n) is 4.12. The number of halogens is 1. The van der Waals surface area contributed by atoms with Crippen LogP contribution in [0.25, 0.3) is 0 Å². The summed E-state index contributed by atoms with van der Waals surface area (Å²) in [6.07, 6.45) is 10.6. The van der Waals surface area contributed by atoms with Gasteiger partial charge in [0, 0.05) is 4.32 Å². The van der Waals surface area contributed by atoms with E-state index in [0.29, 0.717) is 4.32 Å². The van der Waals surface area contributed by atoms with Crippen molar-refractivity contribution < 1.29 is 0 Å². The molecule has 0 spiro atoms. The van der Waals surface area contributed by atoms with Gasteiger partial charge in [0.2, 0.25) is 0 Å². The molecule has 0 heterocycles. The van der Waals surface area contributed by atoms with Crippen molar-refractivity contribution >= 4 is 15.9 Å². The third-order valence-corrected chi connectivity index (χ3v) is 5.86. The standard InChI is InChI=1S/C11H17Br/c12-11-5-1-2-9-6-8(7-11)3-4-10(9)11/h8-10H,1-7H2/t8-,9-,10+,11+/m1/s1. The van der Waals surface area contributed by atoms with Crippen molar-refractivity contribution in [1.29, 1.82) is 0 Å². The quantitative estimate of drug-likeness (QED) is 0.555. The molecule has 0 nitrogen and oxygen atoms in total. The van der Waals surface area contributed by atoms with Gasteiger partial charge in [0.25, 0.3) is 0 Å². The van der Waals surface area contributed by atoms with E-state index in [0.717, 1.165) is 17.8 Å². The number of hydrogen-bond donors (Lipinski definition) is 0. The van der Waals surface area contributed by atoms with Gasteiger partial charge in [-0.2, -0.15) is 0 Å². The van der Waals surface area contributed by atoms with Crippen molar-refractivity contribution in [3.63, 3.8) is 0 Å². The molecule has 4 saturated carbocycles. The van der Waals surface area contributed by atoms with Crippen molar-refractivity contribution in [1.82, 2.24) is 0 Å². The number of hydrogen-bond acceptors (Lipinski definition) is 0. The van der Waals surface area contributed by atoms with Crippen LogP contribution in [0.1, 0.15) is 44.9 Å². The molecule has 0 amide bonds. The lowest BCUT2D eigenvalue weighted by Gasteiger charge is -2.56. The third kappa shape index (κ3) is 0.950. The summed E-state index contributed by atoms with van der Waals surface area (Å²) in [7, 11) is 0. The van der Waals surface area contributed by atoms with Gasteiger partial charge in [-0.1, -0.05) is 35.2 Å². The first-order chi connectivity index (χ1) is 5.78. The van der Waals surface area contributed by atoms with Crippen LogP contribution in [0.2, 0.25) is 0 Å². The van der Waals surface area contributed by atoms with Gasteiger partial charge in [-0.3, -0.25) is 0 Å². The Balaban J connectivity index is 1.94. The lowest BCUT2D eigenvalue weighted by atomic mass is 9.55.